The molecule has 0 aliphatic heterocycles. The Morgan fingerprint density at radius 2 is 1.89 bits per heavy atom. The van der Waals surface area contributed by atoms with E-state index in [0.717, 1.165) is 53.7 Å². The molecule has 0 spiro atoms. The van der Waals surface area contributed by atoms with E-state index in [9.17, 15) is 9.18 Å². The first-order chi connectivity index (χ1) is 13.4. The molecule has 4 heteroatoms. The average molecular weight is 382 g/mol. The molecule has 1 N–H and O–H groups in total. The fourth-order valence-corrected chi connectivity index (χ4v) is 3.83. The van der Waals surface area contributed by atoms with Gasteiger partial charge < -0.3 is 9.84 Å². The predicted molar refractivity (Wildman–Crippen MR) is 108 cm³/mol. The predicted octanol–water partition coefficient (Wildman–Crippen LogP) is 5.56. The van der Waals surface area contributed by atoms with Crippen LogP contribution in [0.25, 0.3) is 0 Å². The number of hydrogen-bond donors (Lipinski definition) is 1. The molecule has 0 saturated heterocycles. The molecule has 2 aromatic carbocycles. The van der Waals surface area contributed by atoms with Crippen LogP contribution in [0.1, 0.15) is 47.9 Å². The molecule has 3 rings (SSSR count). The Hall–Kier alpha value is -2.62. The van der Waals surface area contributed by atoms with E-state index in [1.54, 1.807) is 12.1 Å². The van der Waals surface area contributed by atoms with E-state index in [1.807, 2.05) is 32.0 Å². The second-order valence-electron chi connectivity index (χ2n) is 7.59. The van der Waals surface area contributed by atoms with Crippen LogP contribution in [-0.4, -0.2) is 17.7 Å². The molecular formula is C24H27FO3. The molecule has 0 heterocycles. The van der Waals surface area contributed by atoms with Gasteiger partial charge in [-0.1, -0.05) is 23.8 Å². The minimum atomic E-state index is -0.781. The lowest BCUT2D eigenvalue weighted by atomic mass is 10.0. The van der Waals surface area contributed by atoms with Gasteiger partial charge in [-0.05, 0) is 92.0 Å². The molecule has 0 aromatic heterocycles. The molecule has 0 fully saturated rings. The normalized spacial score (nSPS) is 13.8. The summed E-state index contributed by atoms with van der Waals surface area (Å²) in [6.07, 6.45) is 4.64. The van der Waals surface area contributed by atoms with Gasteiger partial charge in [-0.15, -0.1) is 0 Å². The van der Waals surface area contributed by atoms with Crippen LogP contribution in [0, 0.1) is 19.7 Å². The second kappa shape index (κ2) is 9.05. The Morgan fingerprint density at radius 3 is 2.64 bits per heavy atom. The Kier molecular flexibility index (Phi) is 6.50. The van der Waals surface area contributed by atoms with Gasteiger partial charge in [-0.25, -0.2) is 4.39 Å². The molecule has 0 atom stereocenters. The highest BCUT2D eigenvalue weighted by Gasteiger charge is 2.16. The van der Waals surface area contributed by atoms with Crippen LogP contribution in [0.2, 0.25) is 0 Å². The minimum absolute atomic E-state index is 0.136. The van der Waals surface area contributed by atoms with Gasteiger partial charge in [-0.3, -0.25) is 4.79 Å². The molecular weight excluding hydrogens is 355 g/mol. The van der Waals surface area contributed by atoms with Crippen molar-refractivity contribution in [3.05, 3.63) is 75.6 Å². The molecule has 1 aliphatic carbocycles. The Balaban J connectivity index is 1.68. The third-order valence-corrected chi connectivity index (χ3v) is 5.41. The molecule has 1 aliphatic rings. The maximum atomic E-state index is 13.4. The van der Waals surface area contributed by atoms with Crippen molar-refractivity contribution in [2.24, 2.45) is 0 Å². The summed E-state index contributed by atoms with van der Waals surface area (Å²) in [5.74, 6) is -0.125. The third-order valence-electron chi connectivity index (χ3n) is 5.41. The highest BCUT2D eigenvalue weighted by Crippen LogP contribution is 2.31. The number of benzene rings is 2. The molecule has 0 saturated carbocycles. The summed E-state index contributed by atoms with van der Waals surface area (Å²) in [5.41, 5.74) is 6.82. The smallest absolute Gasteiger partial charge is 0.303 e. The van der Waals surface area contributed by atoms with Gasteiger partial charge >= 0.3 is 5.97 Å². The first kappa shape index (κ1) is 20.1. The maximum Gasteiger partial charge on any atom is 0.303 e. The molecule has 3 nitrogen and oxygen atoms in total. The lowest BCUT2D eigenvalue weighted by Crippen LogP contribution is -2.05. The van der Waals surface area contributed by atoms with E-state index in [-0.39, 0.29) is 12.2 Å². The number of carbonyl (C=O) groups is 1. The summed E-state index contributed by atoms with van der Waals surface area (Å²) < 4.78 is 19.6. The molecule has 0 radical (unpaired) electrons. The zero-order valence-electron chi connectivity index (χ0n) is 16.6. The first-order valence-corrected chi connectivity index (χ1v) is 9.81. The van der Waals surface area contributed by atoms with E-state index in [2.05, 4.69) is 0 Å². The number of aliphatic carboxylic acids is 1. The Bertz CT molecular complexity index is 899. The van der Waals surface area contributed by atoms with Gasteiger partial charge in [0.25, 0.3) is 0 Å². The van der Waals surface area contributed by atoms with Crippen LogP contribution in [0.3, 0.4) is 0 Å². The van der Waals surface area contributed by atoms with Crippen molar-refractivity contribution in [3.8, 4) is 5.75 Å². The van der Waals surface area contributed by atoms with Gasteiger partial charge in [0, 0.05) is 6.42 Å². The van der Waals surface area contributed by atoms with Crippen molar-refractivity contribution in [2.75, 3.05) is 6.61 Å². The fourth-order valence-electron chi connectivity index (χ4n) is 3.83. The van der Waals surface area contributed by atoms with Crippen molar-refractivity contribution in [2.45, 2.75) is 52.4 Å². The largest absolute Gasteiger partial charge is 0.489 e. The van der Waals surface area contributed by atoms with Crippen molar-refractivity contribution in [1.82, 2.24) is 0 Å². The van der Waals surface area contributed by atoms with Gasteiger partial charge in [0.05, 0.1) is 0 Å². The van der Waals surface area contributed by atoms with Crippen LogP contribution in [0.5, 0.6) is 5.75 Å². The maximum absolute atomic E-state index is 13.4. The molecule has 0 unspecified atom stereocenters. The molecule has 28 heavy (non-hydrogen) atoms. The summed E-state index contributed by atoms with van der Waals surface area (Å²) >= 11 is 0. The SMILES string of the molecule is Cc1cc(OCC2=C(Cc3cccc(F)c3)CCC2)c(C)cc1CCC(=O)O. The van der Waals surface area contributed by atoms with Crippen molar-refractivity contribution >= 4 is 5.97 Å². The van der Waals surface area contributed by atoms with Crippen molar-refractivity contribution in [3.63, 3.8) is 0 Å². The number of carboxylic acids is 1. The Morgan fingerprint density at radius 1 is 1.11 bits per heavy atom. The van der Waals surface area contributed by atoms with Crippen LogP contribution >= 0.6 is 0 Å². The average Bonchev–Trinajstić information content (AvgIpc) is 3.07. The lowest BCUT2D eigenvalue weighted by molar-refractivity contribution is -0.136. The zero-order chi connectivity index (χ0) is 20.1. The highest BCUT2D eigenvalue weighted by molar-refractivity contribution is 5.67. The topological polar surface area (TPSA) is 46.5 Å². The monoisotopic (exact) mass is 382 g/mol. The number of rotatable bonds is 8. The van der Waals surface area contributed by atoms with Crippen LogP contribution in [0.15, 0.2) is 47.5 Å². The fraction of sp³-hybridized carbons (Fsp3) is 0.375. The van der Waals surface area contributed by atoms with Gasteiger partial charge in [0.1, 0.15) is 18.2 Å². The van der Waals surface area contributed by atoms with E-state index >= 15 is 0 Å². The van der Waals surface area contributed by atoms with E-state index in [1.165, 1.54) is 17.2 Å². The van der Waals surface area contributed by atoms with Crippen LogP contribution in [0.4, 0.5) is 4.39 Å². The van der Waals surface area contributed by atoms with Gasteiger partial charge in [0.15, 0.2) is 0 Å². The van der Waals surface area contributed by atoms with Crippen LogP contribution < -0.4 is 4.74 Å². The Labute approximate surface area is 165 Å². The lowest BCUT2D eigenvalue weighted by Gasteiger charge is -2.15. The highest BCUT2D eigenvalue weighted by atomic mass is 19.1. The molecule has 2 aromatic rings. The number of carboxylic acid groups (broad SMARTS) is 1. The summed E-state index contributed by atoms with van der Waals surface area (Å²) in [4.78, 5) is 10.8. The van der Waals surface area contributed by atoms with Gasteiger partial charge in [0.2, 0.25) is 0 Å². The summed E-state index contributed by atoms with van der Waals surface area (Å²) in [6, 6.07) is 10.8. The third kappa shape index (κ3) is 5.22. The standard InChI is InChI=1S/C24H27FO3/c1-16-12-23(17(2)11-19(16)9-10-24(26)27)28-15-21-7-4-6-20(21)13-18-5-3-8-22(25)14-18/h3,5,8,11-12,14H,4,6-7,9-10,13,15H2,1-2H3,(H,26,27). The van der Waals surface area contributed by atoms with Crippen molar-refractivity contribution in [1.29, 1.82) is 0 Å². The van der Waals surface area contributed by atoms with E-state index in [0.29, 0.717) is 13.0 Å². The number of ether oxygens (including phenoxy) is 1. The summed E-state index contributed by atoms with van der Waals surface area (Å²) in [7, 11) is 0. The van der Waals surface area contributed by atoms with E-state index in [4.69, 9.17) is 9.84 Å². The number of allylic oxidation sites excluding steroid dienone is 1. The number of halogens is 1. The van der Waals surface area contributed by atoms with Crippen molar-refractivity contribution < 1.29 is 19.0 Å². The zero-order valence-corrected chi connectivity index (χ0v) is 16.6. The summed E-state index contributed by atoms with van der Waals surface area (Å²) in [6.45, 7) is 4.54. The number of aryl methyl sites for hydroxylation is 3. The van der Waals surface area contributed by atoms with Gasteiger partial charge in [-0.2, -0.15) is 0 Å². The van der Waals surface area contributed by atoms with E-state index < -0.39 is 5.97 Å². The van der Waals surface area contributed by atoms with Crippen LogP contribution in [-0.2, 0) is 17.6 Å². The molecule has 148 valence electrons. The molecule has 0 amide bonds. The first-order valence-electron chi connectivity index (χ1n) is 9.81. The second-order valence-corrected chi connectivity index (χ2v) is 7.59. The minimum Gasteiger partial charge on any atom is -0.489 e. The molecule has 0 bridgehead atoms. The summed E-state index contributed by atoms with van der Waals surface area (Å²) in [5, 5.41) is 8.89. The number of hydrogen-bond acceptors (Lipinski definition) is 2. The quantitative estimate of drug-likeness (QED) is 0.608.